The summed E-state index contributed by atoms with van der Waals surface area (Å²) >= 11 is 0. The van der Waals surface area contributed by atoms with Crippen molar-refractivity contribution >= 4 is 11.6 Å². The average molecular weight is 232 g/mol. The average Bonchev–Trinajstić information content (AvgIpc) is 2.27. The summed E-state index contributed by atoms with van der Waals surface area (Å²) in [5.74, 6) is -0.0112. The van der Waals surface area contributed by atoms with Gasteiger partial charge >= 0.3 is 0 Å². The summed E-state index contributed by atoms with van der Waals surface area (Å²) in [5, 5.41) is 3.01. The van der Waals surface area contributed by atoms with Gasteiger partial charge in [0.25, 0.3) is 5.91 Å². The van der Waals surface area contributed by atoms with Crippen molar-refractivity contribution in [1.29, 1.82) is 0 Å². The molecule has 0 bridgehead atoms. The Bertz CT molecular complexity index is 436. The number of carbonyl (C=O) groups excluding carboxylic acids is 1. The summed E-state index contributed by atoms with van der Waals surface area (Å²) in [6.45, 7) is 4.87. The van der Waals surface area contributed by atoms with Crippen molar-refractivity contribution in [1.82, 2.24) is 5.32 Å². The van der Waals surface area contributed by atoms with Gasteiger partial charge in [-0.1, -0.05) is 19.4 Å². The van der Waals surface area contributed by atoms with Gasteiger partial charge in [0, 0.05) is 17.8 Å². The molecule has 0 heterocycles. The van der Waals surface area contributed by atoms with Crippen molar-refractivity contribution in [3.05, 3.63) is 29.3 Å². The fourth-order valence-electron chi connectivity index (χ4n) is 2.25. The molecule has 0 radical (unpaired) electrons. The lowest BCUT2D eigenvalue weighted by molar-refractivity contribution is 0.0890. The Morgan fingerprint density at radius 1 is 1.47 bits per heavy atom. The van der Waals surface area contributed by atoms with Crippen LogP contribution in [0.4, 0.5) is 5.69 Å². The smallest absolute Gasteiger partial charge is 0.251 e. The maximum Gasteiger partial charge on any atom is 0.251 e. The van der Waals surface area contributed by atoms with Crippen molar-refractivity contribution < 1.29 is 4.79 Å². The van der Waals surface area contributed by atoms with E-state index in [-0.39, 0.29) is 5.91 Å². The van der Waals surface area contributed by atoms with E-state index in [0.717, 1.165) is 12.1 Å². The lowest BCUT2D eigenvalue weighted by Gasteiger charge is -2.38. The molecule has 0 atom stereocenters. The zero-order valence-corrected chi connectivity index (χ0v) is 10.5. The molecule has 0 saturated heterocycles. The molecule has 3 N–H and O–H groups in total. The molecule has 1 aliphatic rings. The summed E-state index contributed by atoms with van der Waals surface area (Å²) in [4.78, 5) is 12.0. The van der Waals surface area contributed by atoms with Crippen molar-refractivity contribution in [3.63, 3.8) is 0 Å². The molecule has 2 rings (SSSR count). The van der Waals surface area contributed by atoms with Crippen LogP contribution in [0.5, 0.6) is 0 Å². The summed E-state index contributed by atoms with van der Waals surface area (Å²) in [6.07, 6.45) is 3.70. The van der Waals surface area contributed by atoms with Crippen LogP contribution in [-0.4, -0.2) is 12.5 Å². The Morgan fingerprint density at radius 3 is 2.76 bits per heavy atom. The first-order valence-corrected chi connectivity index (χ1v) is 6.15. The van der Waals surface area contributed by atoms with E-state index in [1.807, 2.05) is 25.1 Å². The standard InChI is InChI=1S/C14H20N2O/c1-10-11(5-3-6-12(10)15)13(17)16-9-14(2)7-4-8-14/h3,5-6H,4,7-9,15H2,1-2H3,(H,16,17). The Hall–Kier alpha value is -1.51. The minimum absolute atomic E-state index is 0.0112. The number of carbonyl (C=O) groups is 1. The number of amides is 1. The minimum Gasteiger partial charge on any atom is -0.398 e. The molecule has 1 aliphatic carbocycles. The molecule has 0 aromatic heterocycles. The van der Waals surface area contributed by atoms with E-state index in [4.69, 9.17) is 5.73 Å². The van der Waals surface area contributed by atoms with Crippen LogP contribution in [0.1, 0.15) is 42.1 Å². The highest BCUT2D eigenvalue weighted by atomic mass is 16.1. The van der Waals surface area contributed by atoms with Gasteiger partial charge in [0.2, 0.25) is 0 Å². The third-order valence-electron chi connectivity index (χ3n) is 3.86. The summed E-state index contributed by atoms with van der Waals surface area (Å²) in [5.41, 5.74) is 8.33. The van der Waals surface area contributed by atoms with Crippen LogP contribution >= 0.6 is 0 Å². The topological polar surface area (TPSA) is 55.1 Å². The molecule has 92 valence electrons. The molecular formula is C14H20N2O. The van der Waals surface area contributed by atoms with Gasteiger partial charge in [-0.05, 0) is 42.9 Å². The largest absolute Gasteiger partial charge is 0.398 e. The van der Waals surface area contributed by atoms with Crippen molar-refractivity contribution in [2.45, 2.75) is 33.1 Å². The minimum atomic E-state index is -0.0112. The second kappa shape index (κ2) is 4.40. The highest BCUT2D eigenvalue weighted by molar-refractivity contribution is 5.96. The molecule has 0 aliphatic heterocycles. The highest BCUT2D eigenvalue weighted by Gasteiger charge is 2.32. The lowest BCUT2D eigenvalue weighted by atomic mass is 9.70. The lowest BCUT2D eigenvalue weighted by Crippen LogP contribution is -2.40. The maximum atomic E-state index is 12.0. The van der Waals surface area contributed by atoms with Crippen LogP contribution in [0.3, 0.4) is 0 Å². The molecule has 0 spiro atoms. The first-order valence-electron chi connectivity index (χ1n) is 6.15. The molecule has 1 aromatic carbocycles. The van der Waals surface area contributed by atoms with Crippen LogP contribution in [0, 0.1) is 12.3 Å². The Kier molecular flexibility index (Phi) is 3.09. The van der Waals surface area contributed by atoms with E-state index >= 15 is 0 Å². The number of nitrogens with one attached hydrogen (secondary N) is 1. The fraction of sp³-hybridized carbons (Fsp3) is 0.500. The number of rotatable bonds is 3. The van der Waals surface area contributed by atoms with Crippen LogP contribution in [-0.2, 0) is 0 Å². The molecular weight excluding hydrogens is 212 g/mol. The third-order valence-corrected chi connectivity index (χ3v) is 3.86. The predicted octanol–water partition coefficient (Wildman–Crippen LogP) is 2.50. The first-order chi connectivity index (χ1) is 8.02. The van der Waals surface area contributed by atoms with Gasteiger partial charge in [0.05, 0.1) is 0 Å². The summed E-state index contributed by atoms with van der Waals surface area (Å²) in [6, 6.07) is 5.46. The van der Waals surface area contributed by atoms with E-state index in [2.05, 4.69) is 12.2 Å². The Balaban J connectivity index is 2.02. The van der Waals surface area contributed by atoms with Gasteiger partial charge in [-0.25, -0.2) is 0 Å². The van der Waals surface area contributed by atoms with Gasteiger partial charge in [-0.3, -0.25) is 4.79 Å². The first kappa shape index (κ1) is 12.0. The SMILES string of the molecule is Cc1c(N)cccc1C(=O)NCC1(C)CCC1. The number of nitrogen functional groups attached to an aromatic ring is 1. The van der Waals surface area contributed by atoms with Gasteiger partial charge in [-0.15, -0.1) is 0 Å². The zero-order chi connectivity index (χ0) is 12.5. The Morgan fingerprint density at radius 2 is 2.18 bits per heavy atom. The molecule has 1 amide bonds. The molecule has 3 heteroatoms. The second-order valence-corrected chi connectivity index (χ2v) is 5.37. The predicted molar refractivity (Wildman–Crippen MR) is 69.9 cm³/mol. The van der Waals surface area contributed by atoms with E-state index in [1.165, 1.54) is 19.3 Å². The van der Waals surface area contributed by atoms with Gasteiger partial charge in [0.1, 0.15) is 0 Å². The number of hydrogen-bond acceptors (Lipinski definition) is 2. The number of benzene rings is 1. The van der Waals surface area contributed by atoms with E-state index in [1.54, 1.807) is 0 Å². The molecule has 17 heavy (non-hydrogen) atoms. The van der Waals surface area contributed by atoms with Crippen molar-refractivity contribution in [2.75, 3.05) is 12.3 Å². The molecule has 1 fully saturated rings. The summed E-state index contributed by atoms with van der Waals surface area (Å²) < 4.78 is 0. The number of hydrogen-bond donors (Lipinski definition) is 2. The number of anilines is 1. The molecule has 3 nitrogen and oxygen atoms in total. The van der Waals surface area contributed by atoms with Crippen LogP contribution in [0.2, 0.25) is 0 Å². The van der Waals surface area contributed by atoms with Crippen LogP contribution in [0.25, 0.3) is 0 Å². The maximum absolute atomic E-state index is 12.0. The quantitative estimate of drug-likeness (QED) is 0.787. The van der Waals surface area contributed by atoms with Crippen molar-refractivity contribution in [3.8, 4) is 0 Å². The zero-order valence-electron chi connectivity index (χ0n) is 10.5. The van der Waals surface area contributed by atoms with E-state index in [9.17, 15) is 4.79 Å². The monoisotopic (exact) mass is 232 g/mol. The highest BCUT2D eigenvalue weighted by Crippen LogP contribution is 2.39. The number of nitrogens with two attached hydrogens (primary N) is 1. The second-order valence-electron chi connectivity index (χ2n) is 5.37. The van der Waals surface area contributed by atoms with Crippen LogP contribution in [0.15, 0.2) is 18.2 Å². The molecule has 1 saturated carbocycles. The van der Waals surface area contributed by atoms with Crippen molar-refractivity contribution in [2.24, 2.45) is 5.41 Å². The van der Waals surface area contributed by atoms with Gasteiger partial charge < -0.3 is 11.1 Å². The van der Waals surface area contributed by atoms with E-state index in [0.29, 0.717) is 16.7 Å². The molecule has 0 unspecified atom stereocenters. The third kappa shape index (κ3) is 2.43. The van der Waals surface area contributed by atoms with Gasteiger partial charge in [-0.2, -0.15) is 0 Å². The van der Waals surface area contributed by atoms with Crippen LogP contribution < -0.4 is 11.1 Å². The summed E-state index contributed by atoms with van der Waals surface area (Å²) in [7, 11) is 0. The fourth-order valence-corrected chi connectivity index (χ4v) is 2.25. The Labute approximate surface area is 102 Å². The van der Waals surface area contributed by atoms with Gasteiger partial charge in [0.15, 0.2) is 0 Å². The normalized spacial score (nSPS) is 17.3. The molecule has 1 aromatic rings. The van der Waals surface area contributed by atoms with E-state index < -0.39 is 0 Å².